The summed E-state index contributed by atoms with van der Waals surface area (Å²) in [6, 6.07) is 2.03. The van der Waals surface area contributed by atoms with Gasteiger partial charge in [0, 0.05) is 0 Å². The molecule has 1 nitrogen and oxygen atoms in total. The molecule has 0 bridgehead atoms. The number of aryl methyl sites for hydroxylation is 1. The molecular formula is C8H11BrO. The van der Waals surface area contributed by atoms with E-state index in [1.54, 1.807) is 0 Å². The van der Waals surface area contributed by atoms with E-state index in [0.717, 1.165) is 10.4 Å². The van der Waals surface area contributed by atoms with E-state index in [9.17, 15) is 0 Å². The van der Waals surface area contributed by atoms with Crippen LogP contribution in [0.1, 0.15) is 31.1 Å². The van der Waals surface area contributed by atoms with E-state index in [2.05, 4.69) is 29.8 Å². The lowest BCUT2D eigenvalue weighted by Gasteiger charge is -1.99. The molecule has 1 rings (SSSR count). The molecule has 0 aliphatic heterocycles. The van der Waals surface area contributed by atoms with Crippen molar-refractivity contribution >= 4 is 15.9 Å². The Labute approximate surface area is 69.6 Å². The first-order valence-corrected chi connectivity index (χ1v) is 4.16. The summed E-state index contributed by atoms with van der Waals surface area (Å²) in [5, 5.41) is 0. The summed E-state index contributed by atoms with van der Waals surface area (Å²) in [6.45, 7) is 6.30. The number of hydrogen-bond acceptors (Lipinski definition) is 1. The number of furan rings is 1. The van der Waals surface area contributed by atoms with E-state index in [0.29, 0.717) is 5.92 Å². The molecule has 0 aliphatic rings. The molecule has 0 N–H and O–H groups in total. The zero-order chi connectivity index (χ0) is 7.72. The maximum absolute atomic E-state index is 5.29. The highest BCUT2D eigenvalue weighted by atomic mass is 79.9. The van der Waals surface area contributed by atoms with Gasteiger partial charge in [0.15, 0.2) is 4.67 Å². The smallest absolute Gasteiger partial charge is 0.169 e. The van der Waals surface area contributed by atoms with Gasteiger partial charge in [-0.2, -0.15) is 0 Å². The van der Waals surface area contributed by atoms with Crippen LogP contribution in [0.4, 0.5) is 0 Å². The van der Waals surface area contributed by atoms with E-state index in [1.807, 2.05) is 13.0 Å². The van der Waals surface area contributed by atoms with Crippen molar-refractivity contribution in [1.82, 2.24) is 0 Å². The van der Waals surface area contributed by atoms with Crippen molar-refractivity contribution in [2.45, 2.75) is 26.7 Å². The highest BCUT2D eigenvalue weighted by Crippen LogP contribution is 2.25. The molecule has 0 atom stereocenters. The van der Waals surface area contributed by atoms with Gasteiger partial charge in [-0.3, -0.25) is 0 Å². The fourth-order valence-corrected chi connectivity index (χ4v) is 1.52. The monoisotopic (exact) mass is 202 g/mol. The molecule has 10 heavy (non-hydrogen) atoms. The summed E-state index contributed by atoms with van der Waals surface area (Å²) in [5.74, 6) is 1.57. The minimum absolute atomic E-state index is 0.551. The maximum Gasteiger partial charge on any atom is 0.169 e. The van der Waals surface area contributed by atoms with Crippen LogP contribution in [0, 0.1) is 6.92 Å². The van der Waals surface area contributed by atoms with Crippen LogP contribution in [0.15, 0.2) is 15.2 Å². The molecule has 0 aromatic carbocycles. The van der Waals surface area contributed by atoms with Crippen LogP contribution in [0.5, 0.6) is 0 Å². The fourth-order valence-electron chi connectivity index (χ4n) is 1.03. The zero-order valence-electron chi connectivity index (χ0n) is 6.44. The summed E-state index contributed by atoms with van der Waals surface area (Å²) >= 11 is 3.28. The average molecular weight is 203 g/mol. The van der Waals surface area contributed by atoms with Gasteiger partial charge < -0.3 is 4.42 Å². The van der Waals surface area contributed by atoms with Crippen LogP contribution in [0.2, 0.25) is 0 Å². The van der Waals surface area contributed by atoms with Gasteiger partial charge >= 0.3 is 0 Å². The number of halogens is 1. The third-order valence-corrected chi connectivity index (χ3v) is 1.94. The predicted octanol–water partition coefficient (Wildman–Crippen LogP) is 3.47. The van der Waals surface area contributed by atoms with Crippen molar-refractivity contribution in [3.63, 3.8) is 0 Å². The molecule has 0 saturated carbocycles. The molecular weight excluding hydrogens is 192 g/mol. The van der Waals surface area contributed by atoms with Crippen LogP contribution in [0.3, 0.4) is 0 Å². The lowest BCUT2D eigenvalue weighted by atomic mass is 10.1. The molecule has 1 aromatic rings. The third kappa shape index (κ3) is 1.43. The Kier molecular flexibility index (Phi) is 2.19. The summed E-state index contributed by atoms with van der Waals surface area (Å²) < 4.78 is 6.12. The lowest BCUT2D eigenvalue weighted by Crippen LogP contribution is -1.84. The summed E-state index contributed by atoms with van der Waals surface area (Å²) in [7, 11) is 0. The standard InChI is InChI=1S/C8H11BrO/c1-5(2)7-4-8(9)10-6(7)3/h4-5H,1-3H3. The quantitative estimate of drug-likeness (QED) is 0.680. The van der Waals surface area contributed by atoms with E-state index in [1.165, 1.54) is 5.56 Å². The Morgan fingerprint density at radius 3 is 2.30 bits per heavy atom. The van der Waals surface area contributed by atoms with Gasteiger partial charge in [-0.05, 0) is 40.4 Å². The molecule has 0 unspecified atom stereocenters. The normalized spacial score (nSPS) is 10.9. The molecule has 1 aromatic heterocycles. The SMILES string of the molecule is Cc1oc(Br)cc1C(C)C. The van der Waals surface area contributed by atoms with Gasteiger partial charge in [0.25, 0.3) is 0 Å². The summed E-state index contributed by atoms with van der Waals surface area (Å²) in [5.41, 5.74) is 1.28. The topological polar surface area (TPSA) is 13.1 Å². The van der Waals surface area contributed by atoms with Crippen molar-refractivity contribution in [2.24, 2.45) is 0 Å². The molecule has 0 amide bonds. The van der Waals surface area contributed by atoms with E-state index in [-0.39, 0.29) is 0 Å². The minimum atomic E-state index is 0.551. The third-order valence-electron chi connectivity index (χ3n) is 1.55. The summed E-state index contributed by atoms with van der Waals surface area (Å²) in [4.78, 5) is 0. The second-order valence-corrected chi connectivity index (χ2v) is 3.50. The average Bonchev–Trinajstić information content (AvgIpc) is 2.10. The second-order valence-electron chi connectivity index (χ2n) is 2.72. The largest absolute Gasteiger partial charge is 0.454 e. The number of hydrogen-bond donors (Lipinski definition) is 0. The van der Waals surface area contributed by atoms with Gasteiger partial charge in [0.05, 0.1) is 0 Å². The Morgan fingerprint density at radius 1 is 1.50 bits per heavy atom. The van der Waals surface area contributed by atoms with Crippen LogP contribution in [0.25, 0.3) is 0 Å². The maximum atomic E-state index is 5.29. The van der Waals surface area contributed by atoms with Crippen LogP contribution < -0.4 is 0 Å². The molecule has 0 radical (unpaired) electrons. The van der Waals surface area contributed by atoms with E-state index in [4.69, 9.17) is 4.42 Å². The molecule has 2 heteroatoms. The Morgan fingerprint density at radius 2 is 2.10 bits per heavy atom. The lowest BCUT2D eigenvalue weighted by molar-refractivity contribution is 0.505. The Hall–Kier alpha value is -0.240. The van der Waals surface area contributed by atoms with E-state index < -0.39 is 0 Å². The van der Waals surface area contributed by atoms with Crippen molar-refractivity contribution in [3.05, 3.63) is 22.1 Å². The Bertz CT molecular complexity index is 225. The van der Waals surface area contributed by atoms with Crippen molar-refractivity contribution in [1.29, 1.82) is 0 Å². The van der Waals surface area contributed by atoms with Gasteiger partial charge in [-0.25, -0.2) is 0 Å². The zero-order valence-corrected chi connectivity index (χ0v) is 8.03. The van der Waals surface area contributed by atoms with Gasteiger partial charge in [-0.15, -0.1) is 0 Å². The first kappa shape index (κ1) is 7.86. The second kappa shape index (κ2) is 2.79. The highest BCUT2D eigenvalue weighted by Gasteiger charge is 2.07. The molecule has 0 aliphatic carbocycles. The molecule has 0 fully saturated rings. The van der Waals surface area contributed by atoms with Gasteiger partial charge in [0.2, 0.25) is 0 Å². The van der Waals surface area contributed by atoms with Crippen molar-refractivity contribution in [2.75, 3.05) is 0 Å². The molecule has 1 heterocycles. The molecule has 56 valence electrons. The van der Waals surface area contributed by atoms with E-state index >= 15 is 0 Å². The highest BCUT2D eigenvalue weighted by molar-refractivity contribution is 9.10. The van der Waals surface area contributed by atoms with Crippen molar-refractivity contribution < 1.29 is 4.42 Å². The van der Waals surface area contributed by atoms with Crippen LogP contribution >= 0.6 is 15.9 Å². The minimum Gasteiger partial charge on any atom is -0.454 e. The predicted molar refractivity (Wildman–Crippen MR) is 45.2 cm³/mol. The van der Waals surface area contributed by atoms with Crippen molar-refractivity contribution in [3.8, 4) is 0 Å². The first-order valence-electron chi connectivity index (χ1n) is 3.37. The summed E-state index contributed by atoms with van der Waals surface area (Å²) in [6.07, 6.45) is 0. The van der Waals surface area contributed by atoms with Crippen LogP contribution in [-0.4, -0.2) is 0 Å². The molecule has 0 spiro atoms. The first-order chi connectivity index (χ1) is 4.61. The Balaban J connectivity index is 3.03. The van der Waals surface area contributed by atoms with Gasteiger partial charge in [0.1, 0.15) is 5.76 Å². The van der Waals surface area contributed by atoms with Gasteiger partial charge in [-0.1, -0.05) is 13.8 Å². The fraction of sp³-hybridized carbons (Fsp3) is 0.500. The van der Waals surface area contributed by atoms with Crippen LogP contribution in [-0.2, 0) is 0 Å². The number of rotatable bonds is 1. The molecule has 0 saturated heterocycles.